The Bertz CT molecular complexity index is 722. The van der Waals surface area contributed by atoms with E-state index in [9.17, 15) is 4.79 Å². The van der Waals surface area contributed by atoms with Crippen LogP contribution < -0.4 is 5.32 Å². The van der Waals surface area contributed by atoms with E-state index in [1.165, 1.54) is 24.2 Å². The lowest BCUT2D eigenvalue weighted by Gasteiger charge is -2.35. The Labute approximate surface area is 163 Å². The summed E-state index contributed by atoms with van der Waals surface area (Å²) < 4.78 is 1.75. The fraction of sp³-hybridized carbons (Fsp3) is 0.562. The summed E-state index contributed by atoms with van der Waals surface area (Å²) in [4.78, 5) is 19.8. The van der Waals surface area contributed by atoms with Gasteiger partial charge in [0.2, 0.25) is 0 Å². The number of piperidine rings is 1. The molecule has 2 saturated heterocycles. The quantitative estimate of drug-likeness (QED) is 0.855. The maximum absolute atomic E-state index is 12.8. The van der Waals surface area contributed by atoms with Crippen molar-refractivity contribution in [3.05, 3.63) is 23.5 Å². The minimum atomic E-state index is 0. The second-order valence-corrected chi connectivity index (χ2v) is 7.64. The van der Waals surface area contributed by atoms with Crippen LogP contribution in [-0.4, -0.2) is 50.7 Å². The summed E-state index contributed by atoms with van der Waals surface area (Å²) in [6.07, 6.45) is 10.0. The zero-order valence-electron chi connectivity index (χ0n) is 14.2. The second kappa shape index (κ2) is 8.03. The molecule has 4 heterocycles. The van der Waals surface area contributed by atoms with Gasteiger partial charge in [-0.15, -0.1) is 36.2 Å². The highest BCUT2D eigenvalue weighted by Crippen LogP contribution is 2.31. The van der Waals surface area contributed by atoms with Crippen molar-refractivity contribution in [3.8, 4) is 10.6 Å². The summed E-state index contributed by atoms with van der Waals surface area (Å²) >= 11 is 1.45. The Balaban J connectivity index is 0.00000113. The number of hydrogen-bond acceptors (Lipinski definition) is 5. The van der Waals surface area contributed by atoms with Crippen LogP contribution in [0.15, 0.2) is 18.6 Å². The number of nitrogens with one attached hydrogen (secondary N) is 1. The van der Waals surface area contributed by atoms with Crippen molar-refractivity contribution in [1.29, 1.82) is 0 Å². The first-order valence-corrected chi connectivity index (χ1v) is 8.90. The zero-order valence-corrected chi connectivity index (χ0v) is 16.7. The van der Waals surface area contributed by atoms with E-state index in [1.54, 1.807) is 17.1 Å². The molecule has 0 aromatic carbocycles. The van der Waals surface area contributed by atoms with Gasteiger partial charge >= 0.3 is 0 Å². The lowest BCUT2D eigenvalue weighted by atomic mass is 9.98. The van der Waals surface area contributed by atoms with Crippen LogP contribution in [0, 0.1) is 0 Å². The SMILES string of the molecule is CN(C(=O)c1cnc(-c2cnn(C)c2)s1)C1CC2CCC(C1)N2.Cl.Cl. The highest BCUT2D eigenvalue weighted by Gasteiger charge is 2.36. The van der Waals surface area contributed by atoms with E-state index in [-0.39, 0.29) is 30.7 Å². The highest BCUT2D eigenvalue weighted by molar-refractivity contribution is 7.16. The van der Waals surface area contributed by atoms with Crippen molar-refractivity contribution < 1.29 is 4.79 Å². The van der Waals surface area contributed by atoms with Crippen LogP contribution in [0.3, 0.4) is 0 Å². The molecule has 0 spiro atoms. The molecule has 1 amide bonds. The molecule has 2 aliphatic heterocycles. The summed E-state index contributed by atoms with van der Waals surface area (Å²) in [5, 5.41) is 8.63. The van der Waals surface area contributed by atoms with Crippen LogP contribution in [0.25, 0.3) is 10.6 Å². The highest BCUT2D eigenvalue weighted by atomic mass is 35.5. The van der Waals surface area contributed by atoms with Gasteiger partial charge in [0, 0.05) is 44.0 Å². The third kappa shape index (κ3) is 4.00. The summed E-state index contributed by atoms with van der Waals surface area (Å²) in [5.74, 6) is 0.0870. The Kier molecular flexibility index (Phi) is 6.48. The van der Waals surface area contributed by atoms with E-state index in [0.29, 0.717) is 23.0 Å². The molecule has 2 bridgehead atoms. The number of hydrogen-bond donors (Lipinski definition) is 1. The Morgan fingerprint density at radius 1 is 1.28 bits per heavy atom. The normalized spacial score (nSPS) is 24.3. The summed E-state index contributed by atoms with van der Waals surface area (Å²) in [5.41, 5.74) is 0.958. The molecule has 2 aliphatic rings. The van der Waals surface area contributed by atoms with Crippen molar-refractivity contribution in [2.24, 2.45) is 7.05 Å². The standard InChI is InChI=1S/C16H21N5OS.2ClH/c1-20-9-10(7-18-20)15-17-8-14(23-15)16(22)21(2)13-5-11-3-4-12(6-13)19-11;;/h7-9,11-13,19H,3-6H2,1-2H3;2*1H. The number of nitrogens with zero attached hydrogens (tertiary/aromatic N) is 4. The molecule has 9 heteroatoms. The molecule has 2 fully saturated rings. The zero-order chi connectivity index (χ0) is 16.0. The van der Waals surface area contributed by atoms with Crippen LogP contribution in [0.4, 0.5) is 0 Å². The minimum absolute atomic E-state index is 0. The van der Waals surface area contributed by atoms with Gasteiger partial charge in [0.25, 0.3) is 5.91 Å². The molecule has 0 radical (unpaired) electrons. The number of aryl methyl sites for hydroxylation is 1. The number of amides is 1. The van der Waals surface area contributed by atoms with Gasteiger partial charge in [0.15, 0.2) is 0 Å². The maximum Gasteiger partial charge on any atom is 0.265 e. The van der Waals surface area contributed by atoms with Crippen molar-refractivity contribution in [2.45, 2.75) is 43.8 Å². The van der Waals surface area contributed by atoms with Gasteiger partial charge in [0.05, 0.1) is 12.4 Å². The van der Waals surface area contributed by atoms with E-state index in [2.05, 4.69) is 15.4 Å². The fourth-order valence-corrected chi connectivity index (χ4v) is 4.59. The third-order valence-electron chi connectivity index (χ3n) is 4.98. The smallest absolute Gasteiger partial charge is 0.265 e. The van der Waals surface area contributed by atoms with E-state index in [1.807, 2.05) is 25.2 Å². The van der Waals surface area contributed by atoms with Crippen molar-refractivity contribution in [2.75, 3.05) is 7.05 Å². The first-order valence-electron chi connectivity index (χ1n) is 8.08. The lowest BCUT2D eigenvalue weighted by Crippen LogP contribution is -2.48. The van der Waals surface area contributed by atoms with E-state index < -0.39 is 0 Å². The molecule has 2 aromatic heterocycles. The first-order chi connectivity index (χ1) is 11.1. The van der Waals surface area contributed by atoms with Gasteiger partial charge in [-0.05, 0) is 25.7 Å². The third-order valence-corrected chi connectivity index (χ3v) is 6.02. The van der Waals surface area contributed by atoms with Crippen LogP contribution in [-0.2, 0) is 7.05 Å². The average molecular weight is 404 g/mol. The number of rotatable bonds is 3. The van der Waals surface area contributed by atoms with Crippen LogP contribution in [0.1, 0.15) is 35.4 Å². The predicted octanol–water partition coefficient (Wildman–Crippen LogP) is 2.74. The number of carbonyl (C=O) groups is 1. The molecule has 2 atom stereocenters. The fourth-order valence-electron chi connectivity index (χ4n) is 3.72. The van der Waals surface area contributed by atoms with Crippen LogP contribution in [0.5, 0.6) is 0 Å². The van der Waals surface area contributed by atoms with Gasteiger partial charge in [-0.3, -0.25) is 9.48 Å². The Morgan fingerprint density at radius 3 is 2.56 bits per heavy atom. The molecule has 4 rings (SSSR count). The Morgan fingerprint density at radius 2 is 1.96 bits per heavy atom. The van der Waals surface area contributed by atoms with Gasteiger partial charge in [-0.25, -0.2) is 4.98 Å². The second-order valence-electron chi connectivity index (χ2n) is 6.61. The molecule has 2 aromatic rings. The van der Waals surface area contributed by atoms with Crippen molar-refractivity contribution in [1.82, 2.24) is 25.0 Å². The van der Waals surface area contributed by atoms with Crippen molar-refractivity contribution in [3.63, 3.8) is 0 Å². The van der Waals surface area contributed by atoms with Crippen LogP contribution in [0.2, 0.25) is 0 Å². The Hall–Kier alpha value is -1.15. The molecule has 2 unspecified atom stereocenters. The summed E-state index contributed by atoms with van der Waals surface area (Å²) in [6, 6.07) is 1.51. The topological polar surface area (TPSA) is 63.1 Å². The molecule has 6 nitrogen and oxygen atoms in total. The van der Waals surface area contributed by atoms with Gasteiger partial charge in [-0.1, -0.05) is 0 Å². The maximum atomic E-state index is 12.8. The van der Waals surface area contributed by atoms with Crippen molar-refractivity contribution >= 4 is 42.1 Å². The monoisotopic (exact) mass is 403 g/mol. The predicted molar refractivity (Wildman–Crippen MR) is 104 cm³/mol. The molecule has 138 valence electrons. The number of halogens is 2. The largest absolute Gasteiger partial charge is 0.338 e. The number of aromatic nitrogens is 3. The molecule has 0 aliphatic carbocycles. The number of fused-ring (bicyclic) bond motifs is 2. The average Bonchev–Trinajstić information content (AvgIpc) is 3.26. The molecular weight excluding hydrogens is 381 g/mol. The summed E-state index contributed by atoms with van der Waals surface area (Å²) in [7, 11) is 3.81. The van der Waals surface area contributed by atoms with E-state index >= 15 is 0 Å². The number of thiazole rings is 1. The van der Waals surface area contributed by atoms with E-state index in [0.717, 1.165) is 23.4 Å². The molecule has 0 saturated carbocycles. The molecular formula is C16H23Cl2N5OS. The lowest BCUT2D eigenvalue weighted by molar-refractivity contribution is 0.0686. The molecule has 25 heavy (non-hydrogen) atoms. The van der Waals surface area contributed by atoms with Crippen LogP contribution >= 0.6 is 36.2 Å². The molecule has 1 N–H and O–H groups in total. The van der Waals surface area contributed by atoms with Gasteiger partial charge in [0.1, 0.15) is 9.88 Å². The first kappa shape index (κ1) is 20.2. The minimum Gasteiger partial charge on any atom is -0.338 e. The van der Waals surface area contributed by atoms with Gasteiger partial charge < -0.3 is 10.2 Å². The number of carbonyl (C=O) groups excluding carboxylic acids is 1. The van der Waals surface area contributed by atoms with Gasteiger partial charge in [-0.2, -0.15) is 5.10 Å². The summed E-state index contributed by atoms with van der Waals surface area (Å²) in [6.45, 7) is 0. The van der Waals surface area contributed by atoms with E-state index in [4.69, 9.17) is 0 Å².